The van der Waals surface area contributed by atoms with Crippen LogP contribution in [-0.4, -0.2) is 17.7 Å². The van der Waals surface area contributed by atoms with E-state index in [4.69, 9.17) is 17.3 Å². The van der Waals surface area contributed by atoms with Gasteiger partial charge in [-0.25, -0.2) is 4.90 Å². The Morgan fingerprint density at radius 1 is 1.14 bits per heavy atom. The molecule has 4 rings (SSSR count). The van der Waals surface area contributed by atoms with Crippen LogP contribution in [-0.2, 0) is 9.59 Å². The van der Waals surface area contributed by atoms with Crippen molar-refractivity contribution in [3.63, 3.8) is 0 Å². The van der Waals surface area contributed by atoms with E-state index in [-0.39, 0.29) is 46.1 Å². The summed E-state index contributed by atoms with van der Waals surface area (Å²) < 4.78 is 0. The molecule has 0 radical (unpaired) electrons. The lowest BCUT2D eigenvalue weighted by molar-refractivity contribution is -0.123. The number of carbonyl (C=O) groups excluding carboxylic acids is 3. The van der Waals surface area contributed by atoms with E-state index in [0.29, 0.717) is 5.69 Å². The van der Waals surface area contributed by atoms with E-state index >= 15 is 0 Å². The molecule has 0 spiro atoms. The number of amides is 3. The molecule has 2 aliphatic carbocycles. The minimum Gasteiger partial charge on any atom is -0.366 e. The number of nitrogens with zero attached hydrogens (tertiary/aromatic N) is 1. The fourth-order valence-corrected chi connectivity index (χ4v) is 4.21. The number of allylic oxidation sites excluding steroid dienone is 2. The number of fused-ring (bicyclic) bond motifs is 5. The molecule has 1 saturated heterocycles. The first-order valence-corrected chi connectivity index (χ1v) is 7.52. The molecule has 1 saturated carbocycles. The number of anilines is 1. The predicted molar refractivity (Wildman–Crippen MR) is 80.2 cm³/mol. The number of benzene rings is 1. The lowest BCUT2D eigenvalue weighted by atomic mass is 9.85. The van der Waals surface area contributed by atoms with Crippen LogP contribution >= 0.6 is 11.6 Å². The van der Waals surface area contributed by atoms with Crippen molar-refractivity contribution in [3.8, 4) is 0 Å². The zero-order chi connectivity index (χ0) is 15.6. The summed E-state index contributed by atoms with van der Waals surface area (Å²) in [4.78, 5) is 37.9. The van der Waals surface area contributed by atoms with Crippen molar-refractivity contribution in [2.75, 3.05) is 4.90 Å². The Hall–Kier alpha value is -2.14. The molecular formula is C16H13ClN2O3. The normalized spacial score (nSPS) is 32.0. The number of imide groups is 1. The van der Waals surface area contributed by atoms with Gasteiger partial charge in [0.1, 0.15) is 0 Å². The van der Waals surface area contributed by atoms with Crippen LogP contribution in [0.3, 0.4) is 0 Å². The predicted octanol–water partition coefficient (Wildman–Crippen LogP) is 1.75. The number of hydrogen-bond donors (Lipinski definition) is 1. The van der Waals surface area contributed by atoms with Crippen LogP contribution in [0.4, 0.5) is 5.69 Å². The monoisotopic (exact) mass is 316 g/mol. The third-order valence-corrected chi connectivity index (χ3v) is 5.27. The topological polar surface area (TPSA) is 80.5 Å². The number of rotatable bonds is 2. The third-order valence-electron chi connectivity index (χ3n) is 4.94. The zero-order valence-corrected chi connectivity index (χ0v) is 12.3. The Kier molecular flexibility index (Phi) is 2.72. The molecule has 3 amide bonds. The minimum absolute atomic E-state index is 0.109. The molecule has 2 fully saturated rings. The van der Waals surface area contributed by atoms with Crippen molar-refractivity contribution in [3.05, 3.63) is 40.9 Å². The molecule has 2 bridgehead atoms. The second-order valence-electron chi connectivity index (χ2n) is 6.04. The van der Waals surface area contributed by atoms with Gasteiger partial charge in [-0.15, -0.1) is 0 Å². The second kappa shape index (κ2) is 4.43. The highest BCUT2D eigenvalue weighted by Gasteiger charge is 2.59. The van der Waals surface area contributed by atoms with E-state index in [0.717, 1.165) is 6.42 Å². The molecule has 112 valence electrons. The Morgan fingerprint density at radius 3 is 2.27 bits per heavy atom. The number of carbonyl (C=O) groups is 3. The van der Waals surface area contributed by atoms with Gasteiger partial charge >= 0.3 is 0 Å². The molecule has 4 unspecified atom stereocenters. The molecule has 1 aromatic carbocycles. The fraction of sp³-hybridized carbons (Fsp3) is 0.312. The number of nitrogens with two attached hydrogens (primary N) is 1. The molecule has 1 aliphatic heterocycles. The highest BCUT2D eigenvalue weighted by molar-refractivity contribution is 6.34. The summed E-state index contributed by atoms with van der Waals surface area (Å²) in [6.07, 6.45) is 4.96. The van der Waals surface area contributed by atoms with Crippen LogP contribution in [0.25, 0.3) is 0 Å². The van der Waals surface area contributed by atoms with Gasteiger partial charge in [-0.05, 0) is 36.5 Å². The van der Waals surface area contributed by atoms with Crippen molar-refractivity contribution in [1.29, 1.82) is 0 Å². The first kappa shape index (κ1) is 13.5. The van der Waals surface area contributed by atoms with Gasteiger partial charge in [0.05, 0.1) is 28.1 Å². The Bertz CT molecular complexity index is 728. The average molecular weight is 317 g/mol. The molecule has 1 aromatic rings. The lowest BCUT2D eigenvalue weighted by Gasteiger charge is -2.18. The van der Waals surface area contributed by atoms with Gasteiger partial charge in [0.15, 0.2) is 0 Å². The average Bonchev–Trinajstić information content (AvgIpc) is 3.14. The van der Waals surface area contributed by atoms with E-state index in [2.05, 4.69) is 0 Å². The van der Waals surface area contributed by atoms with Crippen LogP contribution in [0.5, 0.6) is 0 Å². The lowest BCUT2D eigenvalue weighted by Crippen LogP contribution is -2.33. The molecule has 5 nitrogen and oxygen atoms in total. The summed E-state index contributed by atoms with van der Waals surface area (Å²) in [6.45, 7) is 0. The van der Waals surface area contributed by atoms with Crippen LogP contribution in [0, 0.1) is 23.7 Å². The SMILES string of the molecule is NC(=O)c1cc(N2C(=O)C3C4C=CC(C4)C3C2=O)ccc1Cl. The van der Waals surface area contributed by atoms with Crippen molar-refractivity contribution in [1.82, 2.24) is 0 Å². The molecule has 1 heterocycles. The maximum Gasteiger partial charge on any atom is 0.250 e. The van der Waals surface area contributed by atoms with E-state index in [1.54, 1.807) is 6.07 Å². The summed E-state index contributed by atoms with van der Waals surface area (Å²) in [5, 5.41) is 0.206. The summed E-state index contributed by atoms with van der Waals surface area (Å²) >= 11 is 5.92. The van der Waals surface area contributed by atoms with Gasteiger partial charge in [-0.2, -0.15) is 0 Å². The molecule has 6 heteroatoms. The van der Waals surface area contributed by atoms with Crippen LogP contribution < -0.4 is 10.6 Å². The maximum absolute atomic E-state index is 12.7. The van der Waals surface area contributed by atoms with E-state index in [1.807, 2.05) is 12.2 Å². The molecule has 2 N–H and O–H groups in total. The van der Waals surface area contributed by atoms with Crippen LogP contribution in [0.15, 0.2) is 30.4 Å². The van der Waals surface area contributed by atoms with Gasteiger partial charge in [0.25, 0.3) is 0 Å². The van der Waals surface area contributed by atoms with Crippen molar-refractivity contribution in [2.45, 2.75) is 6.42 Å². The van der Waals surface area contributed by atoms with Crippen LogP contribution in [0.1, 0.15) is 16.8 Å². The number of hydrogen-bond acceptors (Lipinski definition) is 3. The number of primary amides is 1. The second-order valence-corrected chi connectivity index (χ2v) is 6.45. The Balaban J connectivity index is 1.76. The molecular weight excluding hydrogens is 304 g/mol. The van der Waals surface area contributed by atoms with Gasteiger partial charge < -0.3 is 5.73 Å². The third kappa shape index (κ3) is 1.63. The molecule has 0 aromatic heterocycles. The quantitative estimate of drug-likeness (QED) is 0.666. The first-order chi connectivity index (χ1) is 10.5. The standard InChI is InChI=1S/C16H13ClN2O3/c17-11-4-3-9(6-10(11)14(18)20)19-15(21)12-7-1-2-8(5-7)13(12)16(19)22/h1-4,6-8,12-13H,5H2,(H2,18,20). The summed E-state index contributed by atoms with van der Waals surface area (Å²) in [7, 11) is 0. The summed E-state index contributed by atoms with van der Waals surface area (Å²) in [6, 6.07) is 4.47. The first-order valence-electron chi connectivity index (χ1n) is 7.14. The van der Waals surface area contributed by atoms with Crippen molar-refractivity contribution >= 4 is 35.0 Å². The molecule has 3 aliphatic rings. The largest absolute Gasteiger partial charge is 0.366 e. The minimum atomic E-state index is -0.687. The zero-order valence-electron chi connectivity index (χ0n) is 11.5. The van der Waals surface area contributed by atoms with E-state index in [1.165, 1.54) is 17.0 Å². The maximum atomic E-state index is 12.7. The van der Waals surface area contributed by atoms with Crippen molar-refractivity contribution in [2.24, 2.45) is 29.4 Å². The molecule has 22 heavy (non-hydrogen) atoms. The molecule has 4 atom stereocenters. The number of halogens is 1. The smallest absolute Gasteiger partial charge is 0.250 e. The van der Waals surface area contributed by atoms with Crippen molar-refractivity contribution < 1.29 is 14.4 Å². The fourth-order valence-electron chi connectivity index (χ4n) is 4.00. The highest BCUT2D eigenvalue weighted by atomic mass is 35.5. The van der Waals surface area contributed by atoms with Gasteiger partial charge in [0.2, 0.25) is 17.7 Å². The summed E-state index contributed by atoms with van der Waals surface area (Å²) in [5.74, 6) is -1.30. The highest BCUT2D eigenvalue weighted by Crippen LogP contribution is 2.53. The van der Waals surface area contributed by atoms with Gasteiger partial charge in [-0.1, -0.05) is 23.8 Å². The Morgan fingerprint density at radius 2 is 1.73 bits per heavy atom. The van der Waals surface area contributed by atoms with Gasteiger partial charge in [0, 0.05) is 0 Å². The van der Waals surface area contributed by atoms with E-state index < -0.39 is 5.91 Å². The van der Waals surface area contributed by atoms with Gasteiger partial charge in [-0.3, -0.25) is 14.4 Å². The van der Waals surface area contributed by atoms with E-state index in [9.17, 15) is 14.4 Å². The summed E-state index contributed by atoms with van der Waals surface area (Å²) in [5.41, 5.74) is 5.75. The van der Waals surface area contributed by atoms with Crippen LogP contribution in [0.2, 0.25) is 5.02 Å². The Labute approximate surface area is 131 Å².